The van der Waals surface area contributed by atoms with E-state index in [9.17, 15) is 14.9 Å². The Bertz CT molecular complexity index is 629. The van der Waals surface area contributed by atoms with E-state index >= 15 is 0 Å². The number of nitro groups is 1. The number of nitrogens with zero attached hydrogens (tertiary/aromatic N) is 3. The molecular formula is C10H12N6O3. The van der Waals surface area contributed by atoms with Gasteiger partial charge in [0.15, 0.2) is 5.69 Å². The Morgan fingerprint density at radius 1 is 1.63 bits per heavy atom. The zero-order valence-electron chi connectivity index (χ0n) is 10.1. The third-order valence-electron chi connectivity index (χ3n) is 2.62. The number of carbonyl (C=O) groups is 1. The second-order valence-corrected chi connectivity index (χ2v) is 3.88. The molecule has 0 aliphatic rings. The lowest BCUT2D eigenvalue weighted by atomic mass is 10.3. The van der Waals surface area contributed by atoms with Gasteiger partial charge < -0.3 is 21.2 Å². The number of anilines is 1. The van der Waals surface area contributed by atoms with Gasteiger partial charge in [0.2, 0.25) is 0 Å². The summed E-state index contributed by atoms with van der Waals surface area (Å²) < 4.78 is 1.49. The van der Waals surface area contributed by atoms with E-state index in [0.29, 0.717) is 11.4 Å². The first-order valence-corrected chi connectivity index (χ1v) is 5.37. The first-order chi connectivity index (χ1) is 8.99. The molecule has 2 aromatic heterocycles. The van der Waals surface area contributed by atoms with Gasteiger partial charge in [0.25, 0.3) is 5.91 Å². The number of aryl methyl sites for hydroxylation is 1. The van der Waals surface area contributed by atoms with Crippen LogP contribution in [-0.2, 0) is 13.6 Å². The summed E-state index contributed by atoms with van der Waals surface area (Å²) in [5, 5.41) is 17.0. The molecule has 0 fully saturated rings. The van der Waals surface area contributed by atoms with Gasteiger partial charge >= 0.3 is 5.82 Å². The van der Waals surface area contributed by atoms with Crippen LogP contribution in [0.25, 0.3) is 0 Å². The van der Waals surface area contributed by atoms with Crippen molar-refractivity contribution in [2.24, 2.45) is 7.05 Å². The first-order valence-electron chi connectivity index (χ1n) is 5.37. The molecule has 2 heterocycles. The lowest BCUT2D eigenvalue weighted by Gasteiger charge is -2.02. The Hall–Kier alpha value is -2.84. The van der Waals surface area contributed by atoms with Gasteiger partial charge in [-0.05, 0) is 11.0 Å². The minimum atomic E-state index is -0.601. The van der Waals surface area contributed by atoms with Crippen LogP contribution in [0.2, 0.25) is 0 Å². The zero-order chi connectivity index (χ0) is 14.0. The van der Waals surface area contributed by atoms with E-state index in [4.69, 9.17) is 5.73 Å². The molecule has 1 amide bonds. The maximum Gasteiger partial charge on any atom is 0.321 e. The summed E-state index contributed by atoms with van der Waals surface area (Å²) in [6.07, 6.45) is 1.55. The molecule has 0 aliphatic heterocycles. The summed E-state index contributed by atoms with van der Waals surface area (Å²) in [7, 11) is 1.69. The lowest BCUT2D eigenvalue weighted by Crippen LogP contribution is -2.23. The molecule has 0 spiro atoms. The van der Waals surface area contributed by atoms with Gasteiger partial charge in [-0.15, -0.1) is 0 Å². The maximum atomic E-state index is 11.7. The van der Waals surface area contributed by atoms with Crippen molar-refractivity contribution in [3.63, 3.8) is 0 Å². The predicted molar refractivity (Wildman–Crippen MR) is 66.2 cm³/mol. The zero-order valence-corrected chi connectivity index (χ0v) is 10.1. The fraction of sp³-hybridized carbons (Fsp3) is 0.200. The average Bonchev–Trinajstić information content (AvgIpc) is 2.97. The molecule has 9 heteroatoms. The van der Waals surface area contributed by atoms with E-state index in [2.05, 4.69) is 15.4 Å². The number of carbonyl (C=O) groups excluding carboxylic acids is 1. The predicted octanol–water partition coefficient (Wildman–Crippen LogP) is 0.169. The molecule has 9 nitrogen and oxygen atoms in total. The van der Waals surface area contributed by atoms with Crippen molar-refractivity contribution in [3.8, 4) is 0 Å². The molecule has 0 saturated heterocycles. The average molecular weight is 264 g/mol. The third-order valence-corrected chi connectivity index (χ3v) is 2.62. The van der Waals surface area contributed by atoms with Gasteiger partial charge in [0.1, 0.15) is 5.82 Å². The number of aromatic amines is 1. The van der Waals surface area contributed by atoms with Crippen molar-refractivity contribution in [2.75, 3.05) is 5.73 Å². The molecule has 2 rings (SSSR count). The van der Waals surface area contributed by atoms with Crippen molar-refractivity contribution in [3.05, 3.63) is 39.7 Å². The smallest absolute Gasteiger partial charge is 0.321 e. The maximum absolute atomic E-state index is 11.7. The molecule has 0 atom stereocenters. The summed E-state index contributed by atoms with van der Waals surface area (Å²) >= 11 is 0. The van der Waals surface area contributed by atoms with Crippen molar-refractivity contribution < 1.29 is 9.72 Å². The molecule has 0 aliphatic carbocycles. The highest BCUT2D eigenvalue weighted by atomic mass is 16.6. The van der Waals surface area contributed by atoms with E-state index in [1.807, 2.05) is 0 Å². The lowest BCUT2D eigenvalue weighted by molar-refractivity contribution is -0.389. The van der Waals surface area contributed by atoms with Crippen LogP contribution in [0.3, 0.4) is 0 Å². The minimum absolute atomic E-state index is 0.120. The van der Waals surface area contributed by atoms with Crippen LogP contribution in [0, 0.1) is 10.1 Å². The normalized spacial score (nSPS) is 10.4. The van der Waals surface area contributed by atoms with Crippen LogP contribution in [0.5, 0.6) is 0 Å². The van der Waals surface area contributed by atoms with Crippen LogP contribution in [0.1, 0.15) is 16.1 Å². The molecular weight excluding hydrogens is 252 g/mol. The van der Waals surface area contributed by atoms with Crippen LogP contribution in [0.4, 0.5) is 11.6 Å². The minimum Gasteiger partial charge on any atom is -0.384 e. The number of aromatic nitrogens is 3. The summed E-state index contributed by atoms with van der Waals surface area (Å²) in [6.45, 7) is 0.200. The third kappa shape index (κ3) is 2.54. The Labute approximate surface area is 107 Å². The van der Waals surface area contributed by atoms with Crippen molar-refractivity contribution in [1.82, 2.24) is 20.1 Å². The molecule has 0 aromatic carbocycles. The van der Waals surface area contributed by atoms with Gasteiger partial charge in [-0.25, -0.2) is 4.98 Å². The van der Waals surface area contributed by atoms with Gasteiger partial charge in [0, 0.05) is 25.2 Å². The SMILES string of the molecule is Cn1ncc(CNC(=O)c2ccc([N+](=O)[O-])[nH]2)c1N. The van der Waals surface area contributed by atoms with Gasteiger partial charge in [0.05, 0.1) is 6.20 Å². The van der Waals surface area contributed by atoms with E-state index in [0.717, 1.165) is 0 Å². The van der Waals surface area contributed by atoms with Gasteiger partial charge in [-0.3, -0.25) is 9.48 Å². The Kier molecular flexibility index (Phi) is 3.19. The summed E-state index contributed by atoms with van der Waals surface area (Å²) in [5.74, 6) is -0.222. The van der Waals surface area contributed by atoms with Gasteiger partial charge in [-0.2, -0.15) is 5.10 Å². The number of H-pyrrole nitrogens is 1. The quantitative estimate of drug-likeness (QED) is 0.535. The monoisotopic (exact) mass is 264 g/mol. The first kappa shape index (κ1) is 12.6. The largest absolute Gasteiger partial charge is 0.384 e. The van der Waals surface area contributed by atoms with E-state index in [-0.39, 0.29) is 18.1 Å². The number of amides is 1. The molecule has 100 valence electrons. The van der Waals surface area contributed by atoms with Gasteiger partial charge in [-0.1, -0.05) is 0 Å². The fourth-order valence-corrected chi connectivity index (χ4v) is 1.52. The van der Waals surface area contributed by atoms with E-state index in [1.165, 1.54) is 16.8 Å². The number of nitrogens with two attached hydrogens (primary N) is 1. The molecule has 19 heavy (non-hydrogen) atoms. The number of hydrogen-bond acceptors (Lipinski definition) is 5. The van der Waals surface area contributed by atoms with Crippen LogP contribution in [0.15, 0.2) is 18.3 Å². The molecule has 0 radical (unpaired) electrons. The van der Waals surface area contributed by atoms with Crippen LogP contribution in [-0.4, -0.2) is 25.6 Å². The highest BCUT2D eigenvalue weighted by Crippen LogP contribution is 2.11. The van der Waals surface area contributed by atoms with Crippen molar-refractivity contribution in [2.45, 2.75) is 6.54 Å². The second kappa shape index (κ2) is 4.80. The Morgan fingerprint density at radius 2 is 2.37 bits per heavy atom. The molecule has 2 aromatic rings. The summed E-state index contributed by atoms with van der Waals surface area (Å²) in [5.41, 5.74) is 6.52. The summed E-state index contributed by atoms with van der Waals surface area (Å²) in [4.78, 5) is 24.0. The van der Waals surface area contributed by atoms with E-state index in [1.54, 1.807) is 13.2 Å². The summed E-state index contributed by atoms with van der Waals surface area (Å²) in [6, 6.07) is 2.58. The molecule has 0 bridgehead atoms. The topological polar surface area (TPSA) is 132 Å². The van der Waals surface area contributed by atoms with Crippen molar-refractivity contribution >= 4 is 17.5 Å². The molecule has 0 saturated carbocycles. The number of nitrogens with one attached hydrogen (secondary N) is 2. The van der Waals surface area contributed by atoms with Crippen molar-refractivity contribution in [1.29, 1.82) is 0 Å². The highest BCUT2D eigenvalue weighted by Gasteiger charge is 2.15. The Balaban J connectivity index is 2.01. The van der Waals surface area contributed by atoms with Crippen LogP contribution < -0.4 is 11.1 Å². The molecule has 4 N–H and O–H groups in total. The Morgan fingerprint density at radius 3 is 2.89 bits per heavy atom. The molecule has 0 unspecified atom stereocenters. The van der Waals surface area contributed by atoms with E-state index < -0.39 is 10.8 Å². The second-order valence-electron chi connectivity index (χ2n) is 3.88. The fourth-order valence-electron chi connectivity index (χ4n) is 1.52. The van der Waals surface area contributed by atoms with Crippen LogP contribution >= 0.6 is 0 Å². The number of rotatable bonds is 4. The number of nitrogen functional groups attached to an aromatic ring is 1. The standard InChI is InChI=1S/C10H12N6O3/c1-15-9(11)6(5-13-15)4-12-10(17)7-2-3-8(14-7)16(18)19/h2-3,5,14H,4,11H2,1H3,(H,12,17). The number of hydrogen-bond donors (Lipinski definition) is 3. The highest BCUT2D eigenvalue weighted by molar-refractivity contribution is 5.92.